The molecule has 1 fully saturated rings. The van der Waals surface area contributed by atoms with Gasteiger partial charge in [0.2, 0.25) is 0 Å². The standard InChI is InChI=1S/C12H16N2O6S/c1-19-12-7-6-10(8-11(12)14(15)16)21(17,18)13-20-9-4-2-3-5-9/h6-9,13H,2-5H2,1H3. The van der Waals surface area contributed by atoms with Gasteiger partial charge < -0.3 is 4.74 Å². The van der Waals surface area contributed by atoms with Crippen molar-refractivity contribution >= 4 is 15.7 Å². The van der Waals surface area contributed by atoms with Gasteiger partial charge in [0, 0.05) is 6.07 Å². The molecule has 1 aliphatic rings. The minimum absolute atomic E-state index is 0.00402. The molecule has 0 atom stereocenters. The highest BCUT2D eigenvalue weighted by Crippen LogP contribution is 2.29. The second kappa shape index (κ2) is 6.37. The molecule has 2 rings (SSSR count). The van der Waals surface area contributed by atoms with Gasteiger partial charge in [0.15, 0.2) is 5.75 Å². The van der Waals surface area contributed by atoms with Gasteiger partial charge in [0.1, 0.15) is 0 Å². The fourth-order valence-corrected chi connectivity index (χ4v) is 3.04. The number of nitrogens with one attached hydrogen (secondary N) is 1. The average molecular weight is 316 g/mol. The molecule has 1 saturated carbocycles. The molecule has 0 radical (unpaired) electrons. The van der Waals surface area contributed by atoms with E-state index in [1.54, 1.807) is 0 Å². The van der Waals surface area contributed by atoms with Crippen molar-refractivity contribution in [2.45, 2.75) is 36.7 Å². The van der Waals surface area contributed by atoms with Gasteiger partial charge in [-0.25, -0.2) is 8.42 Å². The maximum Gasteiger partial charge on any atom is 0.312 e. The van der Waals surface area contributed by atoms with Gasteiger partial charge in [0.05, 0.1) is 23.0 Å². The van der Waals surface area contributed by atoms with Crippen LogP contribution in [-0.2, 0) is 14.9 Å². The predicted octanol–water partition coefficient (Wildman–Crippen LogP) is 1.76. The lowest BCUT2D eigenvalue weighted by Gasteiger charge is -2.12. The molecule has 21 heavy (non-hydrogen) atoms. The zero-order valence-corrected chi connectivity index (χ0v) is 12.3. The van der Waals surface area contributed by atoms with Crippen molar-refractivity contribution in [1.29, 1.82) is 0 Å². The Hall–Kier alpha value is -1.71. The largest absolute Gasteiger partial charge is 0.490 e. The van der Waals surface area contributed by atoms with E-state index in [1.807, 2.05) is 4.89 Å². The molecule has 0 saturated heterocycles. The van der Waals surface area contributed by atoms with E-state index in [9.17, 15) is 18.5 Å². The van der Waals surface area contributed by atoms with E-state index < -0.39 is 20.6 Å². The summed E-state index contributed by atoms with van der Waals surface area (Å²) in [5.41, 5.74) is -0.416. The van der Waals surface area contributed by atoms with Crippen molar-refractivity contribution < 1.29 is 22.9 Å². The Morgan fingerprint density at radius 3 is 2.57 bits per heavy atom. The lowest BCUT2D eigenvalue weighted by molar-refractivity contribution is -0.386. The van der Waals surface area contributed by atoms with Crippen LogP contribution < -0.4 is 9.62 Å². The van der Waals surface area contributed by atoms with E-state index in [0.717, 1.165) is 31.7 Å². The van der Waals surface area contributed by atoms with Crippen LogP contribution in [0.3, 0.4) is 0 Å². The fourth-order valence-electron chi connectivity index (χ4n) is 2.17. The highest BCUT2D eigenvalue weighted by Gasteiger charge is 2.24. The van der Waals surface area contributed by atoms with Crippen LogP contribution in [0.4, 0.5) is 5.69 Å². The third kappa shape index (κ3) is 3.69. The number of benzene rings is 1. The van der Waals surface area contributed by atoms with Crippen LogP contribution in [-0.4, -0.2) is 26.6 Å². The number of nitro benzene ring substituents is 1. The van der Waals surface area contributed by atoms with Crippen LogP contribution in [0, 0.1) is 10.1 Å². The highest BCUT2D eigenvalue weighted by molar-refractivity contribution is 7.89. The molecule has 0 unspecified atom stereocenters. The number of hydrogen-bond donors (Lipinski definition) is 1. The second-order valence-corrected chi connectivity index (χ2v) is 6.35. The van der Waals surface area contributed by atoms with Gasteiger partial charge in [-0.3, -0.25) is 15.0 Å². The number of nitro groups is 1. The van der Waals surface area contributed by atoms with Crippen molar-refractivity contribution in [2.24, 2.45) is 0 Å². The molecule has 1 N–H and O–H groups in total. The third-order valence-electron chi connectivity index (χ3n) is 3.28. The number of ether oxygens (including phenoxy) is 1. The Bertz CT molecular complexity index is 625. The summed E-state index contributed by atoms with van der Waals surface area (Å²) in [7, 11) is -2.69. The summed E-state index contributed by atoms with van der Waals surface area (Å²) in [4.78, 5) is 17.1. The Morgan fingerprint density at radius 1 is 1.33 bits per heavy atom. The Kier molecular flexibility index (Phi) is 4.76. The van der Waals surface area contributed by atoms with Crippen molar-refractivity contribution in [2.75, 3.05) is 7.11 Å². The number of nitrogens with zero attached hydrogens (tertiary/aromatic N) is 1. The van der Waals surface area contributed by atoms with Crippen LogP contribution in [0.2, 0.25) is 0 Å². The average Bonchev–Trinajstić information content (AvgIpc) is 2.97. The van der Waals surface area contributed by atoms with E-state index in [0.29, 0.717) is 0 Å². The predicted molar refractivity (Wildman–Crippen MR) is 73.3 cm³/mol. The number of hydrogen-bond acceptors (Lipinski definition) is 6. The molecule has 116 valence electrons. The molecule has 0 spiro atoms. The van der Waals surface area contributed by atoms with Crippen LogP contribution in [0.25, 0.3) is 0 Å². The molecule has 1 aromatic carbocycles. The van der Waals surface area contributed by atoms with Crippen LogP contribution >= 0.6 is 0 Å². The molecule has 0 bridgehead atoms. The summed E-state index contributed by atoms with van der Waals surface area (Å²) < 4.78 is 29.0. The van der Waals surface area contributed by atoms with Gasteiger partial charge in [-0.2, -0.15) is 0 Å². The molecule has 9 heteroatoms. The van der Waals surface area contributed by atoms with E-state index >= 15 is 0 Å². The summed E-state index contributed by atoms with van der Waals surface area (Å²) in [6, 6.07) is 3.41. The summed E-state index contributed by atoms with van der Waals surface area (Å²) in [5, 5.41) is 10.9. The number of methoxy groups -OCH3 is 1. The van der Waals surface area contributed by atoms with Gasteiger partial charge in [0.25, 0.3) is 10.0 Å². The fraction of sp³-hybridized carbons (Fsp3) is 0.500. The molecule has 0 heterocycles. The lowest BCUT2D eigenvalue weighted by Crippen LogP contribution is -2.28. The molecule has 0 amide bonds. The first-order chi connectivity index (χ1) is 9.94. The third-order valence-corrected chi connectivity index (χ3v) is 4.47. The zero-order valence-electron chi connectivity index (χ0n) is 11.4. The molecule has 8 nitrogen and oxygen atoms in total. The van der Waals surface area contributed by atoms with Crippen LogP contribution in [0.1, 0.15) is 25.7 Å². The maximum atomic E-state index is 12.1. The van der Waals surface area contributed by atoms with E-state index in [1.165, 1.54) is 19.2 Å². The molecule has 1 aromatic rings. The Labute approximate surface area is 122 Å². The van der Waals surface area contributed by atoms with Crippen molar-refractivity contribution in [1.82, 2.24) is 4.89 Å². The first-order valence-corrected chi connectivity index (χ1v) is 7.92. The molecular weight excluding hydrogens is 300 g/mol. The summed E-state index contributed by atoms with van der Waals surface area (Å²) in [5.74, 6) is -0.00402. The first kappa shape index (κ1) is 15.7. The molecule has 0 aliphatic heterocycles. The summed E-state index contributed by atoms with van der Waals surface area (Å²) >= 11 is 0. The number of rotatable bonds is 6. The van der Waals surface area contributed by atoms with Crippen molar-refractivity contribution in [3.05, 3.63) is 28.3 Å². The smallest absolute Gasteiger partial charge is 0.312 e. The van der Waals surface area contributed by atoms with E-state index in [-0.39, 0.29) is 16.7 Å². The van der Waals surface area contributed by atoms with Gasteiger partial charge in [-0.15, -0.1) is 0 Å². The molecular formula is C12H16N2O6S. The SMILES string of the molecule is COc1ccc(S(=O)(=O)NOC2CCCC2)cc1[N+](=O)[O-]. The first-order valence-electron chi connectivity index (χ1n) is 6.44. The van der Waals surface area contributed by atoms with Gasteiger partial charge >= 0.3 is 5.69 Å². The van der Waals surface area contributed by atoms with Crippen molar-refractivity contribution in [3.63, 3.8) is 0 Å². The molecule has 0 aromatic heterocycles. The minimum Gasteiger partial charge on any atom is -0.490 e. The summed E-state index contributed by atoms with van der Waals surface area (Å²) in [6.07, 6.45) is 3.45. The lowest BCUT2D eigenvalue weighted by atomic mass is 10.3. The second-order valence-electron chi connectivity index (χ2n) is 4.70. The van der Waals surface area contributed by atoms with Gasteiger partial charge in [-0.05, 0) is 25.0 Å². The molecule has 1 aliphatic carbocycles. The van der Waals surface area contributed by atoms with Crippen LogP contribution in [0.5, 0.6) is 5.75 Å². The maximum absolute atomic E-state index is 12.1. The number of sulfonamides is 1. The Morgan fingerprint density at radius 2 is 2.00 bits per heavy atom. The monoisotopic (exact) mass is 316 g/mol. The van der Waals surface area contributed by atoms with E-state index in [4.69, 9.17) is 9.57 Å². The zero-order chi connectivity index (χ0) is 15.5. The van der Waals surface area contributed by atoms with Gasteiger partial charge in [-0.1, -0.05) is 17.7 Å². The van der Waals surface area contributed by atoms with E-state index in [2.05, 4.69) is 0 Å². The topological polar surface area (TPSA) is 108 Å². The summed E-state index contributed by atoms with van der Waals surface area (Å²) in [6.45, 7) is 0. The quantitative estimate of drug-likeness (QED) is 0.633. The minimum atomic E-state index is -3.96. The Balaban J connectivity index is 2.18. The van der Waals surface area contributed by atoms with Crippen LogP contribution in [0.15, 0.2) is 23.1 Å². The normalized spacial score (nSPS) is 16.0. The highest BCUT2D eigenvalue weighted by atomic mass is 32.2. The van der Waals surface area contributed by atoms with Crippen molar-refractivity contribution in [3.8, 4) is 5.75 Å².